The Hall–Kier alpha value is -1.09. The Morgan fingerprint density at radius 1 is 1.24 bits per heavy atom. The van der Waals surface area contributed by atoms with Crippen LogP contribution in [0.3, 0.4) is 0 Å². The molecule has 0 saturated carbocycles. The molecule has 140 valence electrons. The summed E-state index contributed by atoms with van der Waals surface area (Å²) >= 11 is 1.58. The minimum absolute atomic E-state index is 0.0308. The molecule has 1 amide bonds. The van der Waals surface area contributed by atoms with Crippen LogP contribution in [0.5, 0.6) is 0 Å². The Kier molecular flexibility index (Phi) is 7.30. The van der Waals surface area contributed by atoms with E-state index >= 15 is 0 Å². The van der Waals surface area contributed by atoms with E-state index in [9.17, 15) is 13.2 Å². The van der Waals surface area contributed by atoms with Crippen LogP contribution in [-0.2, 0) is 14.8 Å². The number of benzene rings is 1. The molecule has 1 aromatic carbocycles. The lowest BCUT2D eigenvalue weighted by atomic mass is 9.97. The molecule has 0 atom stereocenters. The van der Waals surface area contributed by atoms with Gasteiger partial charge in [-0.25, -0.2) is 8.42 Å². The molecule has 1 aromatic rings. The average Bonchev–Trinajstić information content (AvgIpc) is 2.61. The number of likely N-dealkylation sites (N-methyl/N-ethyl adjacent to an activating group) is 1. The van der Waals surface area contributed by atoms with Gasteiger partial charge >= 0.3 is 0 Å². The Bertz CT molecular complexity index is 667. The molecular weight excluding hydrogens is 358 g/mol. The van der Waals surface area contributed by atoms with Crippen molar-refractivity contribution in [2.45, 2.75) is 22.6 Å². The molecule has 1 aliphatic heterocycles. The van der Waals surface area contributed by atoms with Crippen LogP contribution in [0, 0.1) is 5.92 Å². The first-order valence-corrected chi connectivity index (χ1v) is 11.1. The molecular formula is C17H27N3O3S2. The number of amides is 1. The Balaban J connectivity index is 1.90. The summed E-state index contributed by atoms with van der Waals surface area (Å²) in [6, 6.07) is 6.95. The molecule has 1 N–H and O–H groups in total. The highest BCUT2D eigenvalue weighted by Crippen LogP contribution is 2.25. The van der Waals surface area contributed by atoms with Crippen LogP contribution in [0.25, 0.3) is 0 Å². The van der Waals surface area contributed by atoms with Gasteiger partial charge in [0.15, 0.2) is 0 Å². The van der Waals surface area contributed by atoms with Crippen molar-refractivity contribution in [2.24, 2.45) is 5.92 Å². The largest absolute Gasteiger partial charge is 0.355 e. The lowest BCUT2D eigenvalue weighted by Gasteiger charge is -2.30. The summed E-state index contributed by atoms with van der Waals surface area (Å²) in [6.45, 7) is 2.19. The summed E-state index contributed by atoms with van der Waals surface area (Å²) in [5.41, 5.74) is 0. The van der Waals surface area contributed by atoms with E-state index in [1.54, 1.807) is 23.9 Å². The summed E-state index contributed by atoms with van der Waals surface area (Å²) in [7, 11) is 0.440. The summed E-state index contributed by atoms with van der Waals surface area (Å²) < 4.78 is 26.9. The number of thioether (sulfide) groups is 1. The van der Waals surface area contributed by atoms with Gasteiger partial charge in [-0.15, -0.1) is 11.8 Å². The number of nitrogens with one attached hydrogen (secondary N) is 1. The number of sulfonamides is 1. The maximum absolute atomic E-state index is 12.7. The third kappa shape index (κ3) is 5.44. The van der Waals surface area contributed by atoms with E-state index in [4.69, 9.17) is 0 Å². The topological polar surface area (TPSA) is 69.7 Å². The van der Waals surface area contributed by atoms with Gasteiger partial charge in [-0.2, -0.15) is 4.31 Å². The van der Waals surface area contributed by atoms with Crippen LogP contribution in [-0.4, -0.2) is 70.1 Å². The van der Waals surface area contributed by atoms with Crippen molar-refractivity contribution in [3.63, 3.8) is 0 Å². The second-order valence-corrected chi connectivity index (χ2v) is 9.27. The normalized spacial score (nSPS) is 17.0. The molecule has 1 fully saturated rings. The Labute approximate surface area is 155 Å². The van der Waals surface area contributed by atoms with Crippen molar-refractivity contribution in [1.82, 2.24) is 14.5 Å². The molecule has 1 saturated heterocycles. The van der Waals surface area contributed by atoms with Crippen LogP contribution in [0.4, 0.5) is 0 Å². The maximum atomic E-state index is 12.7. The second-order valence-electron chi connectivity index (χ2n) is 6.45. The van der Waals surface area contributed by atoms with Gasteiger partial charge in [0.05, 0.1) is 4.90 Å². The minimum atomic E-state index is -3.48. The van der Waals surface area contributed by atoms with E-state index < -0.39 is 10.0 Å². The second kappa shape index (κ2) is 9.02. The molecule has 2 rings (SSSR count). The van der Waals surface area contributed by atoms with Crippen LogP contribution in [0.2, 0.25) is 0 Å². The lowest BCUT2D eigenvalue weighted by molar-refractivity contribution is -0.126. The van der Waals surface area contributed by atoms with Crippen molar-refractivity contribution >= 4 is 27.7 Å². The zero-order valence-corrected chi connectivity index (χ0v) is 16.7. The van der Waals surface area contributed by atoms with Gasteiger partial charge in [0.25, 0.3) is 0 Å². The SMILES string of the molecule is CSc1ccc(S(=O)(=O)N2CCC(C(=O)NCCN(C)C)CC2)cc1. The van der Waals surface area contributed by atoms with Gasteiger partial charge in [0, 0.05) is 37.0 Å². The molecule has 25 heavy (non-hydrogen) atoms. The number of carbonyl (C=O) groups is 1. The standard InChI is InChI=1S/C17H27N3O3S2/c1-19(2)13-10-18-17(21)14-8-11-20(12-9-14)25(22,23)16-6-4-15(24-3)5-7-16/h4-7,14H,8-13H2,1-3H3,(H,18,21). The van der Waals surface area contributed by atoms with Crippen LogP contribution in [0.1, 0.15) is 12.8 Å². The fourth-order valence-electron chi connectivity index (χ4n) is 2.80. The fourth-order valence-corrected chi connectivity index (χ4v) is 4.68. The third-order valence-corrected chi connectivity index (χ3v) is 7.04. The van der Waals surface area contributed by atoms with Gasteiger partial charge in [-0.1, -0.05) is 0 Å². The summed E-state index contributed by atoms with van der Waals surface area (Å²) in [5.74, 6) is -0.0734. The molecule has 6 nitrogen and oxygen atoms in total. The van der Waals surface area contributed by atoms with Gasteiger partial charge in [-0.05, 0) is 57.5 Å². The molecule has 0 spiro atoms. The zero-order valence-electron chi connectivity index (χ0n) is 15.1. The number of carbonyl (C=O) groups excluding carboxylic acids is 1. The van der Waals surface area contributed by atoms with Crippen LogP contribution < -0.4 is 5.32 Å². The molecule has 1 aliphatic rings. The summed E-state index contributed by atoms with van der Waals surface area (Å²) in [4.78, 5) is 15.5. The average molecular weight is 386 g/mol. The number of hydrogen-bond acceptors (Lipinski definition) is 5. The minimum Gasteiger partial charge on any atom is -0.355 e. The first kappa shape index (κ1) is 20.2. The molecule has 0 unspecified atom stereocenters. The van der Waals surface area contributed by atoms with E-state index in [1.807, 2.05) is 37.4 Å². The van der Waals surface area contributed by atoms with Gasteiger partial charge in [0.2, 0.25) is 15.9 Å². The number of rotatable bonds is 7. The predicted molar refractivity (Wildman–Crippen MR) is 101 cm³/mol. The smallest absolute Gasteiger partial charge is 0.243 e. The molecule has 0 radical (unpaired) electrons. The zero-order chi connectivity index (χ0) is 18.4. The molecule has 0 aliphatic carbocycles. The highest BCUT2D eigenvalue weighted by Gasteiger charge is 2.31. The molecule has 0 aromatic heterocycles. The van der Waals surface area contributed by atoms with E-state index in [1.165, 1.54) is 4.31 Å². The Morgan fingerprint density at radius 2 is 1.84 bits per heavy atom. The molecule has 8 heteroatoms. The van der Waals surface area contributed by atoms with Crippen molar-refractivity contribution in [3.05, 3.63) is 24.3 Å². The number of hydrogen-bond donors (Lipinski definition) is 1. The number of piperidine rings is 1. The van der Waals surface area contributed by atoms with E-state index in [2.05, 4.69) is 5.32 Å². The first-order chi connectivity index (χ1) is 11.8. The van der Waals surface area contributed by atoms with Crippen molar-refractivity contribution in [1.29, 1.82) is 0 Å². The van der Waals surface area contributed by atoms with Gasteiger partial charge in [-0.3, -0.25) is 4.79 Å². The van der Waals surface area contributed by atoms with E-state index in [-0.39, 0.29) is 11.8 Å². The summed E-state index contributed by atoms with van der Waals surface area (Å²) in [6.07, 6.45) is 3.09. The first-order valence-electron chi connectivity index (χ1n) is 8.41. The number of nitrogens with zero attached hydrogens (tertiary/aromatic N) is 2. The van der Waals surface area contributed by atoms with Crippen molar-refractivity contribution in [3.8, 4) is 0 Å². The third-order valence-electron chi connectivity index (χ3n) is 4.38. The van der Waals surface area contributed by atoms with Gasteiger partial charge < -0.3 is 10.2 Å². The highest BCUT2D eigenvalue weighted by atomic mass is 32.2. The fraction of sp³-hybridized carbons (Fsp3) is 0.588. The van der Waals surface area contributed by atoms with Crippen molar-refractivity contribution in [2.75, 3.05) is 46.5 Å². The Morgan fingerprint density at radius 3 is 2.36 bits per heavy atom. The maximum Gasteiger partial charge on any atom is 0.243 e. The van der Waals surface area contributed by atoms with E-state index in [0.717, 1.165) is 11.4 Å². The van der Waals surface area contributed by atoms with Crippen LogP contribution >= 0.6 is 11.8 Å². The molecule has 0 bridgehead atoms. The summed E-state index contributed by atoms with van der Waals surface area (Å²) in [5, 5.41) is 2.93. The van der Waals surface area contributed by atoms with E-state index in [0.29, 0.717) is 37.4 Å². The highest BCUT2D eigenvalue weighted by molar-refractivity contribution is 7.98. The van der Waals surface area contributed by atoms with Crippen LogP contribution in [0.15, 0.2) is 34.1 Å². The predicted octanol–water partition coefficient (Wildman–Crippen LogP) is 1.49. The van der Waals surface area contributed by atoms with Crippen molar-refractivity contribution < 1.29 is 13.2 Å². The quantitative estimate of drug-likeness (QED) is 0.720. The monoisotopic (exact) mass is 385 g/mol. The van der Waals surface area contributed by atoms with Gasteiger partial charge in [0.1, 0.15) is 0 Å². The molecule has 1 heterocycles. The lowest BCUT2D eigenvalue weighted by Crippen LogP contribution is -2.43.